The van der Waals surface area contributed by atoms with Gasteiger partial charge in [0.1, 0.15) is 0 Å². The molecule has 19 rings (SSSR count). The Labute approximate surface area is 532 Å². The summed E-state index contributed by atoms with van der Waals surface area (Å²) in [7, 11) is 0. The number of dihydropyridines is 1. The zero-order chi connectivity index (χ0) is 61.1. The SMILES string of the molecule is CC(C)CC1=CCC2(C)C(O)CCC34C5=C6CC1(C=C1C(=c7ccccc7=CC13)Cc1cccc(c1)C1=CC=C(NCCCC(C3CCCCC3)C(=CO)CCC(C(=O)O)C3C(O)CC6(C6CCC7(CCC(CCc8ccccc8)C7)C6)C3(C)CC5)NC1)C24. The van der Waals surface area contributed by atoms with Gasteiger partial charge in [0.25, 0.3) is 0 Å². The summed E-state index contributed by atoms with van der Waals surface area (Å²) in [6, 6.07) is 29.8. The number of fused-ring (bicyclic) bond motifs is 1. The van der Waals surface area contributed by atoms with Crippen LogP contribution in [0.4, 0.5) is 0 Å². The summed E-state index contributed by atoms with van der Waals surface area (Å²) < 4.78 is 0. The smallest absolute Gasteiger partial charge is 0.306 e. The number of hydrogen-bond acceptors (Lipinski definition) is 6. The Hall–Kier alpha value is -5.37. The minimum Gasteiger partial charge on any atom is -0.516 e. The van der Waals surface area contributed by atoms with Crippen LogP contribution >= 0.6 is 0 Å². The van der Waals surface area contributed by atoms with Gasteiger partial charge in [0.2, 0.25) is 0 Å². The van der Waals surface area contributed by atoms with E-state index < -0.39 is 40.8 Å². The van der Waals surface area contributed by atoms with Gasteiger partial charge in [-0.05, 0) is 250 Å². The van der Waals surface area contributed by atoms with Gasteiger partial charge in [-0.15, -0.1) is 0 Å². The van der Waals surface area contributed by atoms with Crippen LogP contribution in [0.2, 0.25) is 0 Å². The van der Waals surface area contributed by atoms with E-state index in [9.17, 15) is 25.2 Å². The first-order chi connectivity index (χ1) is 43.1. The average Bonchev–Trinajstić information content (AvgIpc) is 1.41. The molecule has 15 unspecified atom stereocenters. The number of aliphatic hydroxyl groups is 3. The third kappa shape index (κ3) is 9.59. The highest BCUT2D eigenvalue weighted by Crippen LogP contribution is 2.84. The van der Waals surface area contributed by atoms with Crippen molar-refractivity contribution in [2.24, 2.45) is 85.8 Å². The van der Waals surface area contributed by atoms with E-state index >= 15 is 0 Å². The quantitative estimate of drug-likeness (QED) is 0.0981. The summed E-state index contributed by atoms with van der Waals surface area (Å²) in [6.07, 6.45) is 39.1. The lowest BCUT2D eigenvalue weighted by Gasteiger charge is -2.74. The fourth-order valence-electron chi connectivity index (χ4n) is 24.5. The lowest BCUT2D eigenvalue weighted by molar-refractivity contribution is -0.167. The molecule has 3 aromatic carbocycles. The molecule has 0 radical (unpaired) electrons. The van der Waals surface area contributed by atoms with Crippen LogP contribution in [-0.2, 0) is 17.6 Å². The normalized spacial score (nSPS) is 39.7. The van der Waals surface area contributed by atoms with E-state index in [0.29, 0.717) is 42.9 Å². The predicted molar refractivity (Wildman–Crippen MR) is 359 cm³/mol. The van der Waals surface area contributed by atoms with Crippen molar-refractivity contribution in [2.45, 2.75) is 207 Å². The van der Waals surface area contributed by atoms with Gasteiger partial charge in [-0.3, -0.25) is 4.79 Å². The molecule has 0 aromatic heterocycles. The van der Waals surface area contributed by atoms with Crippen LogP contribution in [0.25, 0.3) is 17.2 Å². The first-order valence-corrected chi connectivity index (χ1v) is 36.0. The van der Waals surface area contributed by atoms with E-state index in [-0.39, 0.29) is 39.4 Å². The van der Waals surface area contributed by atoms with Crippen LogP contribution in [0, 0.1) is 85.8 Å². The number of rotatable bonds is 8. The lowest BCUT2D eigenvalue weighted by atomic mass is 9.29. The number of carboxylic acid groups (broad SMARTS) is 1. The maximum absolute atomic E-state index is 14.7. The molecule has 7 nitrogen and oxygen atoms in total. The minimum absolute atomic E-state index is 0.0929. The van der Waals surface area contributed by atoms with Crippen molar-refractivity contribution < 1.29 is 25.2 Å². The number of aliphatic hydroxyl groups excluding tert-OH is 3. The zero-order valence-electron chi connectivity index (χ0n) is 54.3. The summed E-state index contributed by atoms with van der Waals surface area (Å²) in [5.74, 6) is 1.43. The highest BCUT2D eigenvalue weighted by atomic mass is 16.4. The van der Waals surface area contributed by atoms with Crippen LogP contribution in [-0.4, -0.2) is 51.7 Å². The summed E-state index contributed by atoms with van der Waals surface area (Å²) in [6.45, 7) is 11.4. The van der Waals surface area contributed by atoms with Crippen molar-refractivity contribution in [3.05, 3.63) is 170 Å². The van der Waals surface area contributed by atoms with E-state index in [1.807, 2.05) is 0 Å². The van der Waals surface area contributed by atoms with Gasteiger partial charge in [0.05, 0.1) is 30.2 Å². The summed E-state index contributed by atoms with van der Waals surface area (Å²) >= 11 is 0. The molecule has 6 aliphatic heterocycles. The molecule has 7 heteroatoms. The Bertz CT molecular complexity index is 3580. The number of aliphatic carboxylic acids is 1. The molecule has 3 aromatic rings. The van der Waals surface area contributed by atoms with E-state index in [2.05, 4.69) is 148 Å². The fraction of sp³-hybridized carbons (Fsp3) is 0.598. The largest absolute Gasteiger partial charge is 0.516 e. The maximum Gasteiger partial charge on any atom is 0.306 e. The Morgan fingerprint density at radius 1 is 0.798 bits per heavy atom. The topological polar surface area (TPSA) is 122 Å². The Morgan fingerprint density at radius 3 is 2.42 bits per heavy atom. The molecule has 14 bridgehead atoms. The van der Waals surface area contributed by atoms with E-state index in [1.165, 1.54) is 101 Å². The Morgan fingerprint density at radius 2 is 1.62 bits per heavy atom. The molecule has 0 saturated heterocycles. The number of aryl methyl sites for hydroxylation is 1. The molecule has 89 heavy (non-hydrogen) atoms. The average molecular weight is 1200 g/mol. The number of carboxylic acids is 1. The second kappa shape index (κ2) is 23.0. The molecule has 3 spiro atoms. The second-order valence-corrected chi connectivity index (χ2v) is 32.6. The molecule has 472 valence electrons. The maximum atomic E-state index is 14.7. The monoisotopic (exact) mass is 1200 g/mol. The minimum atomic E-state index is -0.777. The van der Waals surface area contributed by atoms with Gasteiger partial charge in [-0.1, -0.05) is 167 Å². The molecular formula is C82H104N2O5. The summed E-state index contributed by atoms with van der Waals surface area (Å²) in [5.41, 5.74) is 12.5. The van der Waals surface area contributed by atoms with Crippen molar-refractivity contribution in [3.8, 4) is 0 Å². The van der Waals surface area contributed by atoms with Crippen LogP contribution < -0.4 is 21.1 Å². The number of benzene rings is 3. The fourth-order valence-corrected chi connectivity index (χ4v) is 24.5. The molecular weight excluding hydrogens is 1090 g/mol. The molecule has 10 aliphatic carbocycles. The molecule has 5 saturated carbocycles. The third-order valence-corrected chi connectivity index (χ3v) is 28.0. The molecule has 6 heterocycles. The van der Waals surface area contributed by atoms with E-state index in [4.69, 9.17) is 0 Å². The molecule has 0 amide bonds. The van der Waals surface area contributed by atoms with Gasteiger partial charge in [0.15, 0.2) is 0 Å². The van der Waals surface area contributed by atoms with Gasteiger partial charge in [-0.2, -0.15) is 0 Å². The van der Waals surface area contributed by atoms with E-state index in [0.717, 1.165) is 121 Å². The van der Waals surface area contributed by atoms with E-state index in [1.54, 1.807) is 16.7 Å². The van der Waals surface area contributed by atoms with Crippen molar-refractivity contribution in [1.82, 2.24) is 10.6 Å². The van der Waals surface area contributed by atoms with Crippen LogP contribution in [0.15, 0.2) is 143 Å². The van der Waals surface area contributed by atoms with Crippen LogP contribution in [0.5, 0.6) is 0 Å². The van der Waals surface area contributed by atoms with Gasteiger partial charge in [-0.25, -0.2) is 0 Å². The first kappa shape index (κ1) is 59.9. The number of allylic oxidation sites excluding steroid dienone is 9. The molecule has 16 aliphatic rings. The van der Waals surface area contributed by atoms with Gasteiger partial charge in [0, 0.05) is 46.6 Å². The van der Waals surface area contributed by atoms with Crippen molar-refractivity contribution in [1.29, 1.82) is 0 Å². The number of carbonyl (C=O) groups is 1. The van der Waals surface area contributed by atoms with Crippen molar-refractivity contribution in [3.63, 3.8) is 0 Å². The standard InChI is InChI=1S/C82H104N2O5/c1-52(2)41-61-31-35-77(3)72(87)34-39-81-68-33-36-78(4)74-65(75(88)89)28-26-60(51-85)63(56-18-9-6-10-19-56)23-14-40-83-73-29-27-59(50-84-73)57-21-13-17-55(42-57)43-66-64-22-12-11-20-58(64)44-69(81)67(66)47-80(61,76(77)81)48-70(68)82(78,49-71(74)86)62-32-38-79(46-62)37-30-54(45-79)25-24-53-15-7-5-8-16-53/h5,7-8,11-13,15-17,20-22,27,29,31,42,44,47,51-52,54,56,62-63,65,69,71-72,74,76,83-87H,6,9-10,14,18-19,23-26,28,30,32-41,43,45-46,48-50H2,1-4H3,(H,88,89). The van der Waals surface area contributed by atoms with Crippen LogP contribution in [0.3, 0.4) is 0 Å². The highest BCUT2D eigenvalue weighted by Gasteiger charge is 2.77. The summed E-state index contributed by atoms with van der Waals surface area (Å²) in [4.78, 5) is 14.7. The van der Waals surface area contributed by atoms with Crippen LogP contribution in [0.1, 0.15) is 198 Å². The Kier molecular flexibility index (Phi) is 15.5. The third-order valence-electron chi connectivity index (χ3n) is 28.0. The summed E-state index contributed by atoms with van der Waals surface area (Å²) in [5, 5.41) is 60.5. The molecule has 6 N–H and O–H groups in total. The van der Waals surface area contributed by atoms with Crippen molar-refractivity contribution in [2.75, 3.05) is 13.1 Å². The van der Waals surface area contributed by atoms with Gasteiger partial charge < -0.3 is 31.1 Å². The molecule has 15 atom stereocenters. The first-order valence-electron chi connectivity index (χ1n) is 36.0. The highest BCUT2D eigenvalue weighted by molar-refractivity contribution is 5.78. The van der Waals surface area contributed by atoms with Gasteiger partial charge >= 0.3 is 5.97 Å². The van der Waals surface area contributed by atoms with Crippen molar-refractivity contribution >= 4 is 23.2 Å². The zero-order valence-corrected chi connectivity index (χ0v) is 54.3. The Balaban J connectivity index is 0.932. The number of hydrogen-bond donors (Lipinski definition) is 6. The lowest BCUT2D eigenvalue weighted by Crippen LogP contribution is -2.69. The predicted octanol–water partition coefficient (Wildman–Crippen LogP) is 16.0. The second-order valence-electron chi connectivity index (χ2n) is 32.6. The molecule has 5 fully saturated rings. The number of nitrogens with one attached hydrogen (secondary N) is 2.